The van der Waals surface area contributed by atoms with Crippen LogP contribution >= 0.6 is 0 Å². The molecule has 1 amide bonds. The minimum absolute atomic E-state index is 0.0148. The van der Waals surface area contributed by atoms with E-state index >= 15 is 0 Å². The van der Waals surface area contributed by atoms with E-state index in [0.717, 1.165) is 44.9 Å². The molecule has 3 N–H and O–H groups in total. The standard InChI is InChI=1S/C81H157NO5/c1-3-5-7-9-11-13-15-17-19-21-23-24-32-35-38-41-45-49-53-57-61-65-69-73-79(84)78(77-83)82-80(85)74-70-66-62-58-54-50-46-42-39-36-33-30-28-26-25-27-29-31-34-37-40-44-48-52-56-60-64-68-72-76-87-81(86)75-71-67-63-59-55-51-47-43-22-20-18-16-14-12-10-8-6-4-2/h20,22,25,27,78-79,83-84H,3-19,21,23-24,26,28-77H2,1-2H3,(H,82,85)/b22-20-,27-25-. The van der Waals surface area contributed by atoms with Gasteiger partial charge in [0.1, 0.15) is 0 Å². The fraction of sp³-hybridized carbons (Fsp3) is 0.926. The molecule has 0 aromatic rings. The van der Waals surface area contributed by atoms with E-state index in [0.29, 0.717) is 25.9 Å². The molecule has 0 aromatic carbocycles. The number of ether oxygens (including phenoxy) is 1. The number of aliphatic hydroxyl groups is 2. The highest BCUT2D eigenvalue weighted by Crippen LogP contribution is 2.20. The molecule has 0 aliphatic carbocycles. The number of carbonyl (C=O) groups excluding carboxylic acids is 2. The highest BCUT2D eigenvalue weighted by atomic mass is 16.5. The molecule has 0 aromatic heterocycles. The monoisotopic (exact) mass is 1220 g/mol. The van der Waals surface area contributed by atoms with Crippen molar-refractivity contribution in [2.75, 3.05) is 13.2 Å². The van der Waals surface area contributed by atoms with Gasteiger partial charge in [-0.1, -0.05) is 391 Å². The van der Waals surface area contributed by atoms with Crippen molar-refractivity contribution in [3.63, 3.8) is 0 Å². The summed E-state index contributed by atoms with van der Waals surface area (Å²) in [4.78, 5) is 24.7. The number of esters is 1. The fourth-order valence-electron chi connectivity index (χ4n) is 12.9. The van der Waals surface area contributed by atoms with Gasteiger partial charge in [0.05, 0.1) is 25.4 Å². The summed E-state index contributed by atoms with van der Waals surface area (Å²) >= 11 is 0. The van der Waals surface area contributed by atoms with E-state index in [4.69, 9.17) is 4.74 Å². The highest BCUT2D eigenvalue weighted by Gasteiger charge is 2.20. The second-order valence-corrected chi connectivity index (χ2v) is 27.7. The molecule has 0 saturated carbocycles. The lowest BCUT2D eigenvalue weighted by molar-refractivity contribution is -0.143. The lowest BCUT2D eigenvalue weighted by Gasteiger charge is -2.22. The molecular weight excluding hydrogens is 1070 g/mol. The van der Waals surface area contributed by atoms with Gasteiger partial charge in [-0.25, -0.2) is 0 Å². The van der Waals surface area contributed by atoms with Gasteiger partial charge < -0.3 is 20.3 Å². The molecule has 6 heteroatoms. The molecule has 0 heterocycles. The van der Waals surface area contributed by atoms with Crippen LogP contribution in [0.4, 0.5) is 0 Å². The number of allylic oxidation sites excluding steroid dienone is 4. The molecule has 2 atom stereocenters. The quantitative estimate of drug-likeness (QED) is 0.0320. The second-order valence-electron chi connectivity index (χ2n) is 27.7. The van der Waals surface area contributed by atoms with Crippen LogP contribution in [0, 0.1) is 0 Å². The largest absolute Gasteiger partial charge is 0.466 e. The van der Waals surface area contributed by atoms with E-state index in [-0.39, 0.29) is 18.5 Å². The van der Waals surface area contributed by atoms with Crippen LogP contribution in [0.15, 0.2) is 24.3 Å². The molecule has 2 unspecified atom stereocenters. The van der Waals surface area contributed by atoms with Gasteiger partial charge in [0.25, 0.3) is 0 Å². The third kappa shape index (κ3) is 73.3. The Morgan fingerprint density at radius 1 is 0.310 bits per heavy atom. The van der Waals surface area contributed by atoms with Gasteiger partial charge in [-0.3, -0.25) is 9.59 Å². The molecule has 0 aliphatic rings. The summed E-state index contributed by atoms with van der Waals surface area (Å²) in [5.74, 6) is -0.0138. The van der Waals surface area contributed by atoms with Gasteiger partial charge in [0.2, 0.25) is 5.91 Å². The summed E-state index contributed by atoms with van der Waals surface area (Å²) in [7, 11) is 0. The molecule has 0 aliphatic heterocycles. The van der Waals surface area contributed by atoms with Gasteiger partial charge in [-0.15, -0.1) is 0 Å². The maximum atomic E-state index is 12.6. The van der Waals surface area contributed by atoms with Crippen LogP contribution in [-0.2, 0) is 14.3 Å². The summed E-state index contributed by atoms with van der Waals surface area (Å²) < 4.78 is 5.51. The van der Waals surface area contributed by atoms with E-state index in [2.05, 4.69) is 43.5 Å². The number of carbonyl (C=O) groups is 2. The first kappa shape index (κ1) is 85.3. The van der Waals surface area contributed by atoms with Crippen molar-refractivity contribution in [1.82, 2.24) is 5.32 Å². The topological polar surface area (TPSA) is 95.9 Å². The maximum Gasteiger partial charge on any atom is 0.305 e. The third-order valence-corrected chi connectivity index (χ3v) is 19.0. The summed E-state index contributed by atoms with van der Waals surface area (Å²) in [5, 5.41) is 23.5. The first-order valence-corrected chi connectivity index (χ1v) is 40.1. The Balaban J connectivity index is 3.36. The minimum atomic E-state index is -0.665. The van der Waals surface area contributed by atoms with Crippen LogP contribution in [0.2, 0.25) is 0 Å². The molecule has 0 saturated heterocycles. The number of nitrogens with one attached hydrogen (secondary N) is 1. The van der Waals surface area contributed by atoms with Crippen molar-refractivity contribution < 1.29 is 24.5 Å². The molecule has 0 bridgehead atoms. The normalized spacial score (nSPS) is 12.6. The SMILES string of the molecule is CCCCCCCCC/C=C\CCCCCCCCCC(=O)OCCCCCCCCCCCCCC/C=C\CCCCCCCCCCCCCCCC(=O)NC(CO)C(O)CCCCCCCCCCCCCCCCCCCCCCCCC. The molecule has 0 fully saturated rings. The lowest BCUT2D eigenvalue weighted by Crippen LogP contribution is -2.45. The predicted molar refractivity (Wildman–Crippen MR) is 384 cm³/mol. The highest BCUT2D eigenvalue weighted by molar-refractivity contribution is 5.76. The smallest absolute Gasteiger partial charge is 0.305 e. The second kappa shape index (κ2) is 76.8. The van der Waals surface area contributed by atoms with Gasteiger partial charge in [-0.05, 0) is 77.0 Å². The number of amides is 1. The maximum absolute atomic E-state index is 12.6. The number of hydrogen-bond donors (Lipinski definition) is 3. The van der Waals surface area contributed by atoms with Gasteiger partial charge in [-0.2, -0.15) is 0 Å². The Hall–Kier alpha value is -1.66. The Morgan fingerprint density at radius 3 is 0.816 bits per heavy atom. The van der Waals surface area contributed by atoms with Crippen molar-refractivity contribution in [1.29, 1.82) is 0 Å². The molecule has 0 rings (SSSR count). The van der Waals surface area contributed by atoms with Crippen molar-refractivity contribution >= 4 is 11.9 Å². The predicted octanol–water partition coefficient (Wildman–Crippen LogP) is 26.4. The van der Waals surface area contributed by atoms with E-state index in [1.807, 2.05) is 0 Å². The van der Waals surface area contributed by atoms with Crippen LogP contribution < -0.4 is 5.32 Å². The summed E-state index contributed by atoms with van der Waals surface area (Å²) in [6.45, 7) is 5.00. The van der Waals surface area contributed by atoms with E-state index < -0.39 is 12.1 Å². The zero-order valence-corrected chi connectivity index (χ0v) is 59.3. The Morgan fingerprint density at radius 2 is 0.540 bits per heavy atom. The van der Waals surface area contributed by atoms with Crippen molar-refractivity contribution in [3.05, 3.63) is 24.3 Å². The van der Waals surface area contributed by atoms with E-state index in [1.54, 1.807) is 0 Å². The molecular formula is C81H157NO5. The van der Waals surface area contributed by atoms with Crippen molar-refractivity contribution in [2.45, 2.75) is 469 Å². The fourth-order valence-corrected chi connectivity index (χ4v) is 12.9. The summed E-state index contributed by atoms with van der Waals surface area (Å²) in [6.07, 6.45) is 98.4. The van der Waals surface area contributed by atoms with E-state index in [9.17, 15) is 19.8 Å². The zero-order chi connectivity index (χ0) is 62.8. The van der Waals surface area contributed by atoms with Crippen LogP contribution in [0.3, 0.4) is 0 Å². The van der Waals surface area contributed by atoms with Gasteiger partial charge in [0, 0.05) is 12.8 Å². The van der Waals surface area contributed by atoms with E-state index in [1.165, 1.54) is 379 Å². The average molecular weight is 1230 g/mol. The molecule has 516 valence electrons. The Kier molecular flexibility index (Phi) is 75.3. The zero-order valence-electron chi connectivity index (χ0n) is 59.3. The molecule has 6 nitrogen and oxygen atoms in total. The summed E-state index contributed by atoms with van der Waals surface area (Å²) in [6, 6.07) is -0.542. The summed E-state index contributed by atoms with van der Waals surface area (Å²) in [5.41, 5.74) is 0. The third-order valence-electron chi connectivity index (χ3n) is 19.0. The van der Waals surface area contributed by atoms with Crippen LogP contribution in [0.25, 0.3) is 0 Å². The van der Waals surface area contributed by atoms with Crippen molar-refractivity contribution in [2.24, 2.45) is 0 Å². The first-order valence-electron chi connectivity index (χ1n) is 40.1. The van der Waals surface area contributed by atoms with Crippen LogP contribution in [0.5, 0.6) is 0 Å². The van der Waals surface area contributed by atoms with Gasteiger partial charge >= 0.3 is 5.97 Å². The first-order chi connectivity index (χ1) is 43.0. The number of hydrogen-bond acceptors (Lipinski definition) is 5. The molecule has 87 heavy (non-hydrogen) atoms. The molecule has 0 radical (unpaired) electrons. The van der Waals surface area contributed by atoms with Crippen LogP contribution in [-0.4, -0.2) is 47.4 Å². The minimum Gasteiger partial charge on any atom is -0.466 e. The Bertz CT molecular complexity index is 1360. The number of rotatable bonds is 76. The van der Waals surface area contributed by atoms with Crippen molar-refractivity contribution in [3.8, 4) is 0 Å². The Labute approximate surface area is 545 Å². The van der Waals surface area contributed by atoms with Crippen LogP contribution in [0.1, 0.15) is 457 Å². The van der Waals surface area contributed by atoms with Gasteiger partial charge in [0.15, 0.2) is 0 Å². The number of unbranched alkanes of at least 4 members (excludes halogenated alkanes) is 61. The average Bonchev–Trinajstić information content (AvgIpc) is 3.53. The number of aliphatic hydroxyl groups excluding tert-OH is 2. The molecule has 0 spiro atoms. The lowest BCUT2D eigenvalue weighted by atomic mass is 10.0.